The Morgan fingerprint density at radius 2 is 1.84 bits per heavy atom. The van der Waals surface area contributed by atoms with Gasteiger partial charge in [0.1, 0.15) is 5.76 Å². The molecule has 0 aliphatic carbocycles. The fourth-order valence-corrected chi connectivity index (χ4v) is 5.51. The Morgan fingerprint density at radius 3 is 2.53 bits per heavy atom. The van der Waals surface area contributed by atoms with Crippen LogP contribution in [0.1, 0.15) is 34.1 Å². The van der Waals surface area contributed by atoms with Crippen molar-refractivity contribution in [1.29, 1.82) is 0 Å². The molecule has 2 aromatic carbocycles. The number of aryl methyl sites for hydroxylation is 1. The third-order valence-corrected chi connectivity index (χ3v) is 7.55. The van der Waals surface area contributed by atoms with Crippen LogP contribution in [-0.4, -0.2) is 46.4 Å². The number of hydrogen-bond acceptors (Lipinski definition) is 5. The summed E-state index contributed by atoms with van der Waals surface area (Å²) in [6, 6.07) is 17.3. The van der Waals surface area contributed by atoms with E-state index >= 15 is 0 Å². The van der Waals surface area contributed by atoms with Crippen molar-refractivity contribution in [1.82, 2.24) is 10.2 Å². The van der Waals surface area contributed by atoms with Crippen LogP contribution in [0, 0.1) is 0 Å². The van der Waals surface area contributed by atoms with Gasteiger partial charge in [0.15, 0.2) is 0 Å². The summed E-state index contributed by atoms with van der Waals surface area (Å²) in [4.78, 5) is 14.8. The van der Waals surface area contributed by atoms with E-state index in [4.69, 9.17) is 4.42 Å². The fraction of sp³-hybridized carbons (Fsp3) is 0.292. The zero-order chi connectivity index (χ0) is 22.7. The number of amides is 1. The molecule has 0 unspecified atom stereocenters. The number of fused-ring (bicyclic) bond motifs is 1. The summed E-state index contributed by atoms with van der Waals surface area (Å²) in [6.45, 7) is 0.810. The first-order valence-electron chi connectivity index (χ1n) is 10.6. The summed E-state index contributed by atoms with van der Waals surface area (Å²) in [5.41, 5.74) is 2.17. The lowest BCUT2D eigenvalue weighted by Crippen LogP contribution is -2.35. The summed E-state index contributed by atoms with van der Waals surface area (Å²) in [5.74, 6) is 0.495. The highest BCUT2D eigenvalue weighted by Gasteiger charge is 2.29. The normalized spacial score (nSPS) is 14.8. The van der Waals surface area contributed by atoms with Gasteiger partial charge in [-0.2, -0.15) is 0 Å². The van der Waals surface area contributed by atoms with Crippen LogP contribution in [0.2, 0.25) is 0 Å². The van der Waals surface area contributed by atoms with E-state index in [2.05, 4.69) is 5.32 Å². The van der Waals surface area contributed by atoms with Gasteiger partial charge in [0.25, 0.3) is 15.9 Å². The zero-order valence-electron chi connectivity index (χ0n) is 18.2. The van der Waals surface area contributed by atoms with Crippen LogP contribution < -0.4 is 9.62 Å². The molecule has 2 heterocycles. The number of para-hydroxylation sites is 1. The molecule has 0 saturated heterocycles. The molecule has 3 aromatic rings. The number of sulfonamides is 1. The molecule has 8 heteroatoms. The van der Waals surface area contributed by atoms with Crippen molar-refractivity contribution < 1.29 is 17.6 Å². The van der Waals surface area contributed by atoms with Crippen LogP contribution in [0.4, 0.5) is 5.69 Å². The molecule has 4 rings (SSSR count). The smallest absolute Gasteiger partial charge is 0.264 e. The standard InChI is InChI=1S/C24H27N3O4S/c1-26(2)22(23-10-6-16-31-23)17-25-24(28)19-11-13-20(14-12-19)32(29,30)27-15-5-8-18-7-3-4-9-21(18)27/h3-4,6-7,9-14,16,22H,5,8,15,17H2,1-2H3,(H,25,28)/t22-/m0/s1. The van der Waals surface area contributed by atoms with Crippen molar-refractivity contribution in [3.8, 4) is 0 Å². The average Bonchev–Trinajstić information content (AvgIpc) is 3.33. The molecule has 1 amide bonds. The quantitative estimate of drug-likeness (QED) is 0.593. The average molecular weight is 454 g/mol. The van der Waals surface area contributed by atoms with E-state index in [1.807, 2.05) is 55.4 Å². The van der Waals surface area contributed by atoms with Gasteiger partial charge in [-0.15, -0.1) is 0 Å². The molecule has 7 nitrogen and oxygen atoms in total. The van der Waals surface area contributed by atoms with Gasteiger partial charge in [0.2, 0.25) is 0 Å². The summed E-state index contributed by atoms with van der Waals surface area (Å²) in [5, 5.41) is 2.90. The lowest BCUT2D eigenvalue weighted by atomic mass is 10.0. The minimum absolute atomic E-state index is 0.104. The van der Waals surface area contributed by atoms with Crippen molar-refractivity contribution in [3.63, 3.8) is 0 Å². The van der Waals surface area contributed by atoms with Gasteiger partial charge in [-0.25, -0.2) is 8.42 Å². The molecular formula is C24H27N3O4S. The number of carbonyl (C=O) groups is 1. The lowest BCUT2D eigenvalue weighted by molar-refractivity contribution is 0.0939. The topological polar surface area (TPSA) is 82.9 Å². The Kier molecular flexibility index (Phi) is 6.34. The minimum Gasteiger partial charge on any atom is -0.468 e. The second kappa shape index (κ2) is 9.18. The Hall–Kier alpha value is -3.10. The van der Waals surface area contributed by atoms with E-state index in [-0.39, 0.29) is 16.8 Å². The van der Waals surface area contributed by atoms with E-state index in [0.717, 1.165) is 29.9 Å². The largest absolute Gasteiger partial charge is 0.468 e. The highest BCUT2D eigenvalue weighted by Crippen LogP contribution is 2.31. The van der Waals surface area contributed by atoms with Crippen molar-refractivity contribution in [2.24, 2.45) is 0 Å². The first-order valence-corrected chi connectivity index (χ1v) is 12.0. The number of nitrogens with zero attached hydrogens (tertiary/aromatic N) is 2. The second-order valence-corrected chi connectivity index (χ2v) is 9.90. The van der Waals surface area contributed by atoms with E-state index in [1.54, 1.807) is 18.4 Å². The Labute approximate surface area is 188 Å². The molecule has 1 aromatic heterocycles. The van der Waals surface area contributed by atoms with Gasteiger partial charge in [0.05, 0.1) is 22.9 Å². The molecule has 0 bridgehead atoms. The molecule has 0 spiro atoms. The molecular weight excluding hydrogens is 426 g/mol. The molecule has 0 saturated carbocycles. The summed E-state index contributed by atoms with van der Waals surface area (Å²) in [6.07, 6.45) is 3.25. The molecule has 0 fully saturated rings. The van der Waals surface area contributed by atoms with Crippen LogP contribution in [0.15, 0.2) is 76.2 Å². The molecule has 0 radical (unpaired) electrons. The van der Waals surface area contributed by atoms with Crippen molar-refractivity contribution in [2.75, 3.05) is 31.5 Å². The van der Waals surface area contributed by atoms with E-state index in [9.17, 15) is 13.2 Å². The van der Waals surface area contributed by atoms with Gasteiger partial charge in [-0.1, -0.05) is 18.2 Å². The number of carbonyl (C=O) groups excluding carboxylic acids is 1. The van der Waals surface area contributed by atoms with Crippen molar-refractivity contribution in [2.45, 2.75) is 23.8 Å². The molecule has 1 aliphatic rings. The number of benzene rings is 2. The number of hydrogen-bond donors (Lipinski definition) is 1. The van der Waals surface area contributed by atoms with Crippen molar-refractivity contribution in [3.05, 3.63) is 83.8 Å². The minimum atomic E-state index is -3.70. The predicted molar refractivity (Wildman–Crippen MR) is 123 cm³/mol. The summed E-state index contributed by atoms with van der Waals surface area (Å²) < 4.78 is 33.5. The first-order chi connectivity index (χ1) is 15.4. The maximum atomic E-state index is 13.3. The number of furan rings is 1. The zero-order valence-corrected chi connectivity index (χ0v) is 19.0. The predicted octanol–water partition coefficient (Wildman–Crippen LogP) is 3.45. The Balaban J connectivity index is 1.48. The van der Waals surface area contributed by atoms with Crippen LogP contribution >= 0.6 is 0 Å². The maximum Gasteiger partial charge on any atom is 0.264 e. The van der Waals surface area contributed by atoms with Gasteiger partial charge in [-0.05, 0) is 75.0 Å². The van der Waals surface area contributed by atoms with Gasteiger partial charge in [-0.3, -0.25) is 14.0 Å². The van der Waals surface area contributed by atoms with Crippen LogP contribution in [-0.2, 0) is 16.4 Å². The van der Waals surface area contributed by atoms with E-state index in [1.165, 1.54) is 16.4 Å². The van der Waals surface area contributed by atoms with E-state index < -0.39 is 10.0 Å². The third kappa shape index (κ3) is 4.42. The number of nitrogens with one attached hydrogen (secondary N) is 1. The van der Waals surface area contributed by atoms with Crippen LogP contribution in [0.25, 0.3) is 0 Å². The highest BCUT2D eigenvalue weighted by atomic mass is 32.2. The maximum absolute atomic E-state index is 13.3. The number of anilines is 1. The van der Waals surface area contributed by atoms with E-state index in [0.29, 0.717) is 18.7 Å². The van der Waals surface area contributed by atoms with Crippen LogP contribution in [0.5, 0.6) is 0 Å². The summed E-state index contributed by atoms with van der Waals surface area (Å²) in [7, 11) is 0.127. The number of likely N-dealkylation sites (N-methyl/N-ethyl adjacent to an activating group) is 1. The van der Waals surface area contributed by atoms with Gasteiger partial charge in [0, 0.05) is 18.7 Å². The van der Waals surface area contributed by atoms with Gasteiger partial charge >= 0.3 is 0 Å². The highest BCUT2D eigenvalue weighted by molar-refractivity contribution is 7.92. The Bertz CT molecular complexity index is 1170. The molecule has 1 atom stereocenters. The first kappa shape index (κ1) is 22.1. The van der Waals surface area contributed by atoms with Crippen molar-refractivity contribution >= 4 is 21.6 Å². The third-order valence-electron chi connectivity index (χ3n) is 5.72. The second-order valence-electron chi connectivity index (χ2n) is 8.04. The SMILES string of the molecule is CN(C)[C@@H](CNC(=O)c1ccc(S(=O)(=O)N2CCCc3ccccc32)cc1)c1ccco1. The molecule has 1 aliphatic heterocycles. The molecule has 168 valence electrons. The van der Waals surface area contributed by atoms with Crippen LogP contribution in [0.3, 0.4) is 0 Å². The molecule has 32 heavy (non-hydrogen) atoms. The molecule has 1 N–H and O–H groups in total. The fourth-order valence-electron chi connectivity index (χ4n) is 3.96. The lowest BCUT2D eigenvalue weighted by Gasteiger charge is -2.30. The summed E-state index contributed by atoms with van der Waals surface area (Å²) >= 11 is 0. The monoisotopic (exact) mass is 453 g/mol. The van der Waals surface area contributed by atoms with Gasteiger partial charge < -0.3 is 9.73 Å². The Morgan fingerprint density at radius 1 is 1.09 bits per heavy atom. The number of rotatable bonds is 7.